The molecule has 1 aliphatic rings. The number of piperidine rings is 1. The van der Waals surface area contributed by atoms with Gasteiger partial charge in [-0.1, -0.05) is 20.8 Å². The Morgan fingerprint density at radius 2 is 2.00 bits per heavy atom. The van der Waals surface area contributed by atoms with Gasteiger partial charge in [0.1, 0.15) is 6.10 Å². The largest absolute Gasteiger partial charge is 0.458 e. The number of ether oxygens (including phenoxy) is 1. The first-order chi connectivity index (χ1) is 10.7. The number of nitrogens with zero attached hydrogens (tertiary/aromatic N) is 3. The van der Waals surface area contributed by atoms with Crippen molar-refractivity contribution in [2.24, 2.45) is 5.92 Å². The van der Waals surface area contributed by atoms with Gasteiger partial charge in [0, 0.05) is 24.9 Å². The van der Waals surface area contributed by atoms with Crippen molar-refractivity contribution < 1.29 is 9.53 Å². The van der Waals surface area contributed by atoms with Crippen LogP contribution in [-0.4, -0.2) is 40.0 Å². The average molecular weight is 305 g/mol. The normalized spacial score (nSPS) is 18.5. The van der Waals surface area contributed by atoms with Crippen molar-refractivity contribution in [1.29, 1.82) is 0 Å². The minimum absolute atomic E-state index is 0.000427. The molecule has 1 aliphatic heterocycles. The molecule has 1 atom stereocenters. The van der Waals surface area contributed by atoms with Gasteiger partial charge < -0.3 is 9.64 Å². The number of amides is 1. The SMILES string of the molecule is CCc1cnc(OC2CCCN(C(=O)C(CC)CC)C2)nc1. The molecular weight excluding hydrogens is 278 g/mol. The van der Waals surface area contributed by atoms with E-state index < -0.39 is 0 Å². The van der Waals surface area contributed by atoms with Crippen molar-refractivity contribution in [3.8, 4) is 6.01 Å². The van der Waals surface area contributed by atoms with Gasteiger partial charge in [-0.2, -0.15) is 0 Å². The molecule has 0 bridgehead atoms. The standard InChI is InChI=1S/C17H27N3O2/c1-4-13-10-18-17(19-11-13)22-15-8-7-9-20(12-15)16(21)14(5-2)6-3/h10-11,14-15H,4-9,12H2,1-3H3. The molecule has 2 rings (SSSR count). The quantitative estimate of drug-likeness (QED) is 0.811. The maximum absolute atomic E-state index is 12.5. The van der Waals surface area contributed by atoms with Crippen LogP contribution in [0.3, 0.4) is 0 Å². The van der Waals surface area contributed by atoms with E-state index in [4.69, 9.17) is 4.74 Å². The lowest BCUT2D eigenvalue weighted by Gasteiger charge is -2.34. The molecule has 1 amide bonds. The number of hydrogen-bond acceptors (Lipinski definition) is 4. The third kappa shape index (κ3) is 4.18. The molecule has 0 radical (unpaired) electrons. The van der Waals surface area contributed by atoms with E-state index in [0.29, 0.717) is 12.6 Å². The highest BCUT2D eigenvalue weighted by atomic mass is 16.5. The highest BCUT2D eigenvalue weighted by molar-refractivity contribution is 5.78. The first-order valence-corrected chi connectivity index (χ1v) is 8.44. The molecule has 0 aromatic carbocycles. The molecule has 2 heterocycles. The summed E-state index contributed by atoms with van der Waals surface area (Å²) in [6.07, 6.45) is 8.25. The number of aromatic nitrogens is 2. The Balaban J connectivity index is 1.93. The molecule has 5 nitrogen and oxygen atoms in total. The van der Waals surface area contributed by atoms with Crippen LogP contribution in [0.25, 0.3) is 0 Å². The summed E-state index contributed by atoms with van der Waals surface area (Å²) in [5.41, 5.74) is 1.10. The number of rotatable bonds is 6. The summed E-state index contributed by atoms with van der Waals surface area (Å²) in [4.78, 5) is 22.9. The van der Waals surface area contributed by atoms with Crippen molar-refractivity contribution in [2.45, 2.75) is 59.0 Å². The van der Waals surface area contributed by atoms with Crippen LogP contribution in [-0.2, 0) is 11.2 Å². The zero-order valence-corrected chi connectivity index (χ0v) is 13.9. The van der Waals surface area contributed by atoms with Crippen LogP contribution >= 0.6 is 0 Å². The van der Waals surface area contributed by atoms with Gasteiger partial charge in [-0.15, -0.1) is 0 Å². The third-order valence-corrected chi connectivity index (χ3v) is 4.39. The van der Waals surface area contributed by atoms with E-state index in [0.717, 1.165) is 44.2 Å². The number of aryl methyl sites for hydroxylation is 1. The van der Waals surface area contributed by atoms with Crippen LogP contribution in [0.15, 0.2) is 12.4 Å². The summed E-state index contributed by atoms with van der Waals surface area (Å²) in [7, 11) is 0. The second-order valence-electron chi connectivity index (χ2n) is 5.91. The second kappa shape index (κ2) is 8.11. The highest BCUT2D eigenvalue weighted by Gasteiger charge is 2.28. The van der Waals surface area contributed by atoms with Crippen LogP contribution in [0.1, 0.15) is 52.0 Å². The molecule has 0 N–H and O–H groups in total. The molecule has 1 unspecified atom stereocenters. The fraction of sp³-hybridized carbons (Fsp3) is 0.706. The van der Waals surface area contributed by atoms with E-state index in [1.807, 2.05) is 4.90 Å². The van der Waals surface area contributed by atoms with Crippen LogP contribution in [0.5, 0.6) is 6.01 Å². The van der Waals surface area contributed by atoms with Crippen LogP contribution in [0.2, 0.25) is 0 Å². The van der Waals surface area contributed by atoms with Gasteiger partial charge in [0.15, 0.2) is 0 Å². The van der Waals surface area contributed by atoms with Crippen molar-refractivity contribution in [1.82, 2.24) is 14.9 Å². The maximum Gasteiger partial charge on any atom is 0.316 e. The molecule has 22 heavy (non-hydrogen) atoms. The summed E-state index contributed by atoms with van der Waals surface area (Å²) in [6.45, 7) is 7.71. The highest BCUT2D eigenvalue weighted by Crippen LogP contribution is 2.19. The topological polar surface area (TPSA) is 55.3 Å². The minimum atomic E-state index is -0.000427. The molecule has 122 valence electrons. The van der Waals surface area contributed by atoms with Crippen molar-refractivity contribution in [2.75, 3.05) is 13.1 Å². The van der Waals surface area contributed by atoms with E-state index in [1.165, 1.54) is 0 Å². The molecule has 0 aliphatic carbocycles. The van der Waals surface area contributed by atoms with Gasteiger partial charge in [-0.3, -0.25) is 4.79 Å². The molecular formula is C17H27N3O2. The summed E-state index contributed by atoms with van der Waals surface area (Å²) in [6, 6.07) is 0.416. The summed E-state index contributed by atoms with van der Waals surface area (Å²) in [5.74, 6) is 0.402. The van der Waals surface area contributed by atoms with Crippen LogP contribution in [0.4, 0.5) is 0 Å². The summed E-state index contributed by atoms with van der Waals surface area (Å²) in [5, 5.41) is 0. The second-order valence-corrected chi connectivity index (χ2v) is 5.91. The third-order valence-electron chi connectivity index (χ3n) is 4.39. The van der Waals surface area contributed by atoms with Gasteiger partial charge in [0.25, 0.3) is 0 Å². The Bertz CT molecular complexity index is 471. The van der Waals surface area contributed by atoms with Crippen molar-refractivity contribution >= 4 is 5.91 Å². The fourth-order valence-electron chi connectivity index (χ4n) is 2.87. The van der Waals surface area contributed by atoms with E-state index >= 15 is 0 Å². The van der Waals surface area contributed by atoms with Gasteiger partial charge in [0.05, 0.1) is 6.54 Å². The van der Waals surface area contributed by atoms with E-state index in [-0.39, 0.29) is 17.9 Å². The Morgan fingerprint density at radius 3 is 2.59 bits per heavy atom. The average Bonchev–Trinajstić information content (AvgIpc) is 2.57. The Labute approximate surface area is 133 Å². The lowest BCUT2D eigenvalue weighted by atomic mass is 9.99. The van der Waals surface area contributed by atoms with E-state index in [1.54, 1.807) is 12.4 Å². The van der Waals surface area contributed by atoms with E-state index in [2.05, 4.69) is 30.7 Å². The molecule has 5 heteroatoms. The molecule has 1 saturated heterocycles. The van der Waals surface area contributed by atoms with E-state index in [9.17, 15) is 4.79 Å². The predicted octanol–water partition coefficient (Wildman–Crippen LogP) is 2.85. The van der Waals surface area contributed by atoms with Gasteiger partial charge in [-0.05, 0) is 37.7 Å². The Morgan fingerprint density at radius 1 is 1.32 bits per heavy atom. The van der Waals surface area contributed by atoms with Crippen molar-refractivity contribution in [3.63, 3.8) is 0 Å². The first kappa shape index (κ1) is 16.7. The molecule has 1 aromatic heterocycles. The Kier molecular flexibility index (Phi) is 6.16. The molecule has 0 spiro atoms. The number of carbonyl (C=O) groups is 1. The van der Waals surface area contributed by atoms with Gasteiger partial charge in [-0.25, -0.2) is 9.97 Å². The van der Waals surface area contributed by atoms with Crippen LogP contribution in [0, 0.1) is 5.92 Å². The summed E-state index contributed by atoms with van der Waals surface area (Å²) >= 11 is 0. The number of likely N-dealkylation sites (tertiary alicyclic amines) is 1. The van der Waals surface area contributed by atoms with Crippen molar-refractivity contribution in [3.05, 3.63) is 18.0 Å². The van der Waals surface area contributed by atoms with Gasteiger partial charge in [0.2, 0.25) is 5.91 Å². The molecule has 1 aromatic rings. The lowest BCUT2D eigenvalue weighted by Crippen LogP contribution is -2.46. The first-order valence-electron chi connectivity index (χ1n) is 8.44. The van der Waals surface area contributed by atoms with Gasteiger partial charge >= 0.3 is 6.01 Å². The molecule has 0 saturated carbocycles. The number of carbonyl (C=O) groups excluding carboxylic acids is 1. The molecule has 1 fully saturated rings. The monoisotopic (exact) mass is 305 g/mol. The summed E-state index contributed by atoms with van der Waals surface area (Å²) < 4.78 is 5.87. The van der Waals surface area contributed by atoms with Crippen LogP contribution < -0.4 is 4.74 Å². The minimum Gasteiger partial charge on any atom is -0.458 e. The Hall–Kier alpha value is -1.65. The zero-order chi connectivity index (χ0) is 15.9. The fourth-order valence-corrected chi connectivity index (χ4v) is 2.87. The zero-order valence-electron chi connectivity index (χ0n) is 13.9. The lowest BCUT2D eigenvalue weighted by molar-refractivity contribution is -0.138. The maximum atomic E-state index is 12.5. The smallest absolute Gasteiger partial charge is 0.316 e. The number of hydrogen-bond donors (Lipinski definition) is 0. The predicted molar refractivity (Wildman–Crippen MR) is 85.7 cm³/mol.